The summed E-state index contributed by atoms with van der Waals surface area (Å²) in [6, 6.07) is 11.8. The first-order valence-corrected chi connectivity index (χ1v) is 6.63. The Morgan fingerprint density at radius 3 is 2.26 bits per heavy atom. The lowest BCUT2D eigenvalue weighted by atomic mass is 10.0. The Labute approximate surface area is 114 Å². The van der Waals surface area contributed by atoms with Crippen molar-refractivity contribution in [2.24, 2.45) is 0 Å². The normalized spacial score (nSPS) is 10.1. The number of aryl methyl sites for hydroxylation is 2. The number of benzene rings is 1. The van der Waals surface area contributed by atoms with Crippen LogP contribution in [0.4, 0.5) is 0 Å². The quantitative estimate of drug-likeness (QED) is 0.740. The van der Waals surface area contributed by atoms with Gasteiger partial charge in [-0.3, -0.25) is 0 Å². The van der Waals surface area contributed by atoms with E-state index in [-0.39, 0.29) is 0 Å². The third kappa shape index (κ3) is 4.51. The summed E-state index contributed by atoms with van der Waals surface area (Å²) < 4.78 is 0. The van der Waals surface area contributed by atoms with Gasteiger partial charge in [0, 0.05) is 18.8 Å². The van der Waals surface area contributed by atoms with Gasteiger partial charge in [0.15, 0.2) is 0 Å². The highest BCUT2D eigenvalue weighted by atomic mass is 14.8. The lowest BCUT2D eigenvalue weighted by molar-refractivity contribution is 0.662. The molecule has 0 N–H and O–H groups in total. The molecule has 0 fully saturated rings. The van der Waals surface area contributed by atoms with Crippen molar-refractivity contribution in [2.75, 3.05) is 0 Å². The van der Waals surface area contributed by atoms with Crippen molar-refractivity contribution in [3.05, 3.63) is 59.7 Å². The summed E-state index contributed by atoms with van der Waals surface area (Å²) >= 11 is 0. The molecule has 96 valence electrons. The van der Waals surface area contributed by atoms with E-state index in [1.807, 2.05) is 30.3 Å². The van der Waals surface area contributed by atoms with Crippen LogP contribution in [0.2, 0.25) is 0 Å². The minimum Gasteiger partial charge on any atom is -0.241 e. The van der Waals surface area contributed by atoms with Crippen molar-refractivity contribution >= 4 is 0 Å². The van der Waals surface area contributed by atoms with Gasteiger partial charge in [-0.1, -0.05) is 18.6 Å². The molecule has 2 rings (SSSR count). The summed E-state index contributed by atoms with van der Waals surface area (Å²) in [7, 11) is 0. The van der Waals surface area contributed by atoms with Gasteiger partial charge in [-0.2, -0.15) is 5.26 Å². The molecule has 0 spiro atoms. The van der Waals surface area contributed by atoms with E-state index in [1.165, 1.54) is 18.4 Å². The molecule has 1 aromatic carbocycles. The summed E-state index contributed by atoms with van der Waals surface area (Å²) in [6.07, 6.45) is 9.07. The zero-order valence-electron chi connectivity index (χ0n) is 10.9. The molecule has 0 saturated heterocycles. The highest BCUT2D eigenvalue weighted by molar-refractivity contribution is 5.31. The minimum atomic E-state index is 0.727. The molecule has 0 aliphatic carbocycles. The van der Waals surface area contributed by atoms with Crippen molar-refractivity contribution in [2.45, 2.75) is 32.1 Å². The number of nitriles is 1. The lowest BCUT2D eigenvalue weighted by Crippen LogP contribution is -1.94. The molecule has 1 heterocycles. The molecule has 0 bridgehead atoms. The summed E-state index contributed by atoms with van der Waals surface area (Å²) in [4.78, 5) is 8.42. The molecule has 0 aliphatic rings. The topological polar surface area (TPSA) is 49.6 Å². The largest absolute Gasteiger partial charge is 0.241 e. The molecule has 3 heteroatoms. The van der Waals surface area contributed by atoms with E-state index in [0.29, 0.717) is 0 Å². The fourth-order valence-electron chi connectivity index (χ4n) is 1.99. The third-order valence-corrected chi connectivity index (χ3v) is 3.07. The third-order valence-electron chi connectivity index (χ3n) is 3.07. The van der Waals surface area contributed by atoms with E-state index >= 15 is 0 Å². The summed E-state index contributed by atoms with van der Waals surface area (Å²) in [5, 5.41) is 8.72. The van der Waals surface area contributed by atoms with Crippen LogP contribution in [0, 0.1) is 11.3 Å². The van der Waals surface area contributed by atoms with Crippen LogP contribution in [0.25, 0.3) is 0 Å². The van der Waals surface area contributed by atoms with Crippen molar-refractivity contribution < 1.29 is 0 Å². The highest BCUT2D eigenvalue weighted by Crippen LogP contribution is 2.09. The molecule has 0 unspecified atom stereocenters. The van der Waals surface area contributed by atoms with Crippen LogP contribution in [-0.2, 0) is 12.8 Å². The first-order chi connectivity index (χ1) is 9.38. The van der Waals surface area contributed by atoms with E-state index < -0.39 is 0 Å². The number of hydrogen-bond donors (Lipinski definition) is 0. The van der Waals surface area contributed by atoms with Crippen LogP contribution in [0.15, 0.2) is 42.7 Å². The molecular weight excluding hydrogens is 234 g/mol. The molecule has 2 aromatic rings. The standard InChI is InChI=1S/C16H17N3/c17-13-15-9-7-14(8-10-15)5-2-1-3-6-16-18-11-4-12-19-16/h4,7-12H,1-3,5-6H2. The Bertz CT molecular complexity index is 526. The Morgan fingerprint density at radius 1 is 0.895 bits per heavy atom. The fraction of sp³-hybridized carbons (Fsp3) is 0.312. The Balaban J connectivity index is 1.65. The van der Waals surface area contributed by atoms with E-state index in [2.05, 4.69) is 16.0 Å². The first kappa shape index (κ1) is 13.2. The maximum absolute atomic E-state index is 8.72. The Morgan fingerprint density at radius 2 is 1.58 bits per heavy atom. The Hall–Kier alpha value is -2.21. The predicted octanol–water partition coefficient (Wildman–Crippen LogP) is 3.30. The second-order valence-electron chi connectivity index (χ2n) is 4.53. The van der Waals surface area contributed by atoms with Crippen LogP contribution in [-0.4, -0.2) is 9.97 Å². The van der Waals surface area contributed by atoms with Gasteiger partial charge in [-0.05, 0) is 43.0 Å². The van der Waals surface area contributed by atoms with Gasteiger partial charge < -0.3 is 0 Å². The van der Waals surface area contributed by atoms with Crippen molar-refractivity contribution in [3.8, 4) is 6.07 Å². The van der Waals surface area contributed by atoms with Gasteiger partial charge in [0.25, 0.3) is 0 Å². The zero-order valence-corrected chi connectivity index (χ0v) is 10.9. The average Bonchev–Trinajstić information content (AvgIpc) is 2.49. The van der Waals surface area contributed by atoms with Gasteiger partial charge in [-0.15, -0.1) is 0 Å². The monoisotopic (exact) mass is 251 g/mol. The van der Waals surface area contributed by atoms with Gasteiger partial charge in [0.1, 0.15) is 5.82 Å². The van der Waals surface area contributed by atoms with Crippen molar-refractivity contribution in [1.29, 1.82) is 5.26 Å². The van der Waals surface area contributed by atoms with Gasteiger partial charge in [0.2, 0.25) is 0 Å². The number of hydrogen-bond acceptors (Lipinski definition) is 3. The van der Waals surface area contributed by atoms with E-state index in [1.54, 1.807) is 12.4 Å². The van der Waals surface area contributed by atoms with Crippen LogP contribution in [0.5, 0.6) is 0 Å². The lowest BCUT2D eigenvalue weighted by Gasteiger charge is -2.02. The SMILES string of the molecule is N#Cc1ccc(CCCCCc2ncccn2)cc1. The van der Waals surface area contributed by atoms with Gasteiger partial charge >= 0.3 is 0 Å². The second kappa shape index (κ2) is 7.27. The molecule has 3 nitrogen and oxygen atoms in total. The average molecular weight is 251 g/mol. The number of nitrogens with zero attached hydrogens (tertiary/aromatic N) is 3. The van der Waals surface area contributed by atoms with Crippen LogP contribution >= 0.6 is 0 Å². The predicted molar refractivity (Wildman–Crippen MR) is 74.4 cm³/mol. The number of aromatic nitrogens is 2. The second-order valence-corrected chi connectivity index (χ2v) is 4.53. The Kier molecular flexibility index (Phi) is 5.06. The summed E-state index contributed by atoms with van der Waals surface area (Å²) in [6.45, 7) is 0. The van der Waals surface area contributed by atoms with Crippen molar-refractivity contribution in [3.63, 3.8) is 0 Å². The van der Waals surface area contributed by atoms with Gasteiger partial charge in [0.05, 0.1) is 11.6 Å². The molecule has 0 saturated carbocycles. The molecule has 0 aliphatic heterocycles. The van der Waals surface area contributed by atoms with Crippen LogP contribution in [0.3, 0.4) is 0 Å². The number of rotatable bonds is 6. The zero-order chi connectivity index (χ0) is 13.3. The fourth-order valence-corrected chi connectivity index (χ4v) is 1.99. The molecule has 0 atom stereocenters. The molecule has 0 radical (unpaired) electrons. The van der Waals surface area contributed by atoms with E-state index in [4.69, 9.17) is 5.26 Å². The van der Waals surface area contributed by atoms with Crippen molar-refractivity contribution in [1.82, 2.24) is 9.97 Å². The summed E-state index contributed by atoms with van der Waals surface area (Å²) in [5.41, 5.74) is 2.03. The van der Waals surface area contributed by atoms with Gasteiger partial charge in [-0.25, -0.2) is 9.97 Å². The maximum atomic E-state index is 8.72. The molecule has 0 amide bonds. The minimum absolute atomic E-state index is 0.727. The summed E-state index contributed by atoms with van der Waals surface area (Å²) in [5.74, 6) is 0.931. The highest BCUT2D eigenvalue weighted by Gasteiger charge is 1.97. The smallest absolute Gasteiger partial charge is 0.128 e. The molecule has 19 heavy (non-hydrogen) atoms. The number of unbranched alkanes of at least 4 members (excludes halogenated alkanes) is 2. The first-order valence-electron chi connectivity index (χ1n) is 6.63. The van der Waals surface area contributed by atoms with Crippen LogP contribution < -0.4 is 0 Å². The van der Waals surface area contributed by atoms with Crippen LogP contribution in [0.1, 0.15) is 36.2 Å². The van der Waals surface area contributed by atoms with E-state index in [9.17, 15) is 0 Å². The van der Waals surface area contributed by atoms with E-state index in [0.717, 1.165) is 30.7 Å². The molecule has 1 aromatic heterocycles. The molecular formula is C16H17N3. The maximum Gasteiger partial charge on any atom is 0.128 e.